The van der Waals surface area contributed by atoms with E-state index in [4.69, 9.17) is 15.6 Å². The third-order valence-corrected chi connectivity index (χ3v) is 2.20. The molecule has 0 fully saturated rings. The van der Waals surface area contributed by atoms with Gasteiger partial charge in [0.2, 0.25) is 0 Å². The third-order valence-electron chi connectivity index (χ3n) is 2.20. The number of aliphatic hydroxyl groups excluding tert-OH is 1. The quantitative estimate of drug-likeness (QED) is 0.773. The summed E-state index contributed by atoms with van der Waals surface area (Å²) in [6, 6.07) is 9.61. The molecule has 0 radical (unpaired) electrons. The van der Waals surface area contributed by atoms with Crippen molar-refractivity contribution in [2.45, 2.75) is 31.9 Å². The Bertz CT molecular complexity index is 285. The average Bonchev–Trinajstić information content (AvgIpc) is 2.18. The molecule has 0 aliphatic carbocycles. The molecule has 3 N–H and O–H groups in total. The fraction of sp³-hybridized carbons (Fsp3) is 0.500. The standard InChI is InChI=1S/C12H19NO2/c1-10(8-12(2,13)9-14)15-11-6-4-3-5-7-11/h3-7,10,14H,8-9,13H2,1-2H3. The minimum Gasteiger partial charge on any atom is -0.491 e. The van der Waals surface area contributed by atoms with Crippen LogP contribution in [0.5, 0.6) is 5.75 Å². The molecule has 1 aromatic rings. The van der Waals surface area contributed by atoms with E-state index in [1.807, 2.05) is 44.2 Å². The normalized spacial score (nSPS) is 16.8. The monoisotopic (exact) mass is 209 g/mol. The van der Waals surface area contributed by atoms with Crippen LogP contribution in [-0.4, -0.2) is 23.4 Å². The second kappa shape index (κ2) is 5.14. The van der Waals surface area contributed by atoms with Gasteiger partial charge in [-0.2, -0.15) is 0 Å². The molecule has 84 valence electrons. The lowest BCUT2D eigenvalue weighted by atomic mass is 9.97. The zero-order valence-corrected chi connectivity index (χ0v) is 9.31. The number of ether oxygens (including phenoxy) is 1. The zero-order valence-electron chi connectivity index (χ0n) is 9.31. The van der Waals surface area contributed by atoms with E-state index in [9.17, 15) is 0 Å². The first-order valence-corrected chi connectivity index (χ1v) is 5.15. The molecule has 0 amide bonds. The number of rotatable bonds is 5. The van der Waals surface area contributed by atoms with Crippen LogP contribution in [0.2, 0.25) is 0 Å². The highest BCUT2D eigenvalue weighted by Gasteiger charge is 2.21. The summed E-state index contributed by atoms with van der Waals surface area (Å²) in [5.41, 5.74) is 5.27. The molecule has 0 bridgehead atoms. The first-order chi connectivity index (χ1) is 7.03. The number of nitrogens with two attached hydrogens (primary N) is 1. The van der Waals surface area contributed by atoms with Crippen molar-refractivity contribution in [2.24, 2.45) is 5.73 Å². The summed E-state index contributed by atoms with van der Waals surface area (Å²) in [7, 11) is 0. The molecule has 3 nitrogen and oxygen atoms in total. The fourth-order valence-corrected chi connectivity index (χ4v) is 1.49. The fourth-order valence-electron chi connectivity index (χ4n) is 1.49. The van der Waals surface area contributed by atoms with E-state index in [0.717, 1.165) is 5.75 Å². The van der Waals surface area contributed by atoms with Crippen LogP contribution in [0.25, 0.3) is 0 Å². The SMILES string of the molecule is CC(CC(C)(N)CO)Oc1ccccc1. The second-order valence-corrected chi connectivity index (χ2v) is 4.26. The summed E-state index contributed by atoms with van der Waals surface area (Å²) < 4.78 is 5.66. The lowest BCUT2D eigenvalue weighted by Gasteiger charge is -2.26. The van der Waals surface area contributed by atoms with Gasteiger partial charge in [-0.25, -0.2) is 0 Å². The van der Waals surface area contributed by atoms with Gasteiger partial charge in [0.25, 0.3) is 0 Å². The van der Waals surface area contributed by atoms with Gasteiger partial charge in [-0.15, -0.1) is 0 Å². The van der Waals surface area contributed by atoms with E-state index in [-0.39, 0.29) is 12.7 Å². The molecule has 0 aliphatic rings. The predicted octanol–water partition coefficient (Wildman–Crippen LogP) is 1.55. The Morgan fingerprint density at radius 2 is 2.00 bits per heavy atom. The van der Waals surface area contributed by atoms with Crippen LogP contribution in [0, 0.1) is 0 Å². The Hall–Kier alpha value is -1.06. The number of hydrogen-bond acceptors (Lipinski definition) is 3. The van der Waals surface area contributed by atoms with E-state index in [0.29, 0.717) is 6.42 Å². The molecule has 0 heterocycles. The number of aliphatic hydroxyl groups is 1. The minimum absolute atomic E-state index is 0.00505. The molecular formula is C12H19NO2. The van der Waals surface area contributed by atoms with Gasteiger partial charge in [0, 0.05) is 12.0 Å². The van der Waals surface area contributed by atoms with E-state index in [1.165, 1.54) is 0 Å². The smallest absolute Gasteiger partial charge is 0.119 e. The highest BCUT2D eigenvalue weighted by molar-refractivity contribution is 5.21. The van der Waals surface area contributed by atoms with Crippen molar-refractivity contribution in [1.29, 1.82) is 0 Å². The van der Waals surface area contributed by atoms with Crippen LogP contribution in [0.1, 0.15) is 20.3 Å². The summed E-state index contributed by atoms with van der Waals surface area (Å²) in [6.07, 6.45) is 0.618. The van der Waals surface area contributed by atoms with E-state index < -0.39 is 5.54 Å². The largest absolute Gasteiger partial charge is 0.491 e. The highest BCUT2D eigenvalue weighted by atomic mass is 16.5. The van der Waals surface area contributed by atoms with Crippen LogP contribution >= 0.6 is 0 Å². The number of benzene rings is 1. The van der Waals surface area contributed by atoms with Crippen molar-refractivity contribution in [2.75, 3.05) is 6.61 Å². The van der Waals surface area contributed by atoms with Gasteiger partial charge in [0.05, 0.1) is 12.7 Å². The summed E-state index contributed by atoms with van der Waals surface area (Å²) in [6.45, 7) is 3.74. The summed E-state index contributed by atoms with van der Waals surface area (Å²) >= 11 is 0. The van der Waals surface area contributed by atoms with E-state index in [1.54, 1.807) is 0 Å². The first-order valence-electron chi connectivity index (χ1n) is 5.15. The maximum absolute atomic E-state index is 9.03. The maximum atomic E-state index is 9.03. The molecule has 1 rings (SSSR count). The molecular weight excluding hydrogens is 190 g/mol. The van der Waals surface area contributed by atoms with Crippen LogP contribution in [-0.2, 0) is 0 Å². The van der Waals surface area contributed by atoms with Gasteiger partial charge in [-0.05, 0) is 26.0 Å². The molecule has 2 unspecified atom stereocenters. The van der Waals surface area contributed by atoms with Crippen LogP contribution in [0.15, 0.2) is 30.3 Å². The van der Waals surface area contributed by atoms with E-state index >= 15 is 0 Å². The van der Waals surface area contributed by atoms with Gasteiger partial charge in [-0.3, -0.25) is 0 Å². The van der Waals surface area contributed by atoms with Gasteiger partial charge in [-0.1, -0.05) is 18.2 Å². The minimum atomic E-state index is -0.575. The zero-order chi connectivity index (χ0) is 11.3. The van der Waals surface area contributed by atoms with Crippen LogP contribution in [0.4, 0.5) is 0 Å². The van der Waals surface area contributed by atoms with Crippen molar-refractivity contribution >= 4 is 0 Å². The molecule has 15 heavy (non-hydrogen) atoms. The molecule has 0 spiro atoms. The third kappa shape index (κ3) is 4.32. The molecule has 0 aromatic heterocycles. The Kier molecular flexibility index (Phi) is 4.12. The Morgan fingerprint density at radius 1 is 1.40 bits per heavy atom. The Balaban J connectivity index is 2.46. The topological polar surface area (TPSA) is 55.5 Å². The van der Waals surface area contributed by atoms with Gasteiger partial charge < -0.3 is 15.6 Å². The molecule has 2 atom stereocenters. The Morgan fingerprint density at radius 3 is 2.53 bits per heavy atom. The van der Waals surface area contributed by atoms with Crippen molar-refractivity contribution in [3.63, 3.8) is 0 Å². The first kappa shape index (κ1) is 12.0. The molecule has 3 heteroatoms. The van der Waals surface area contributed by atoms with Crippen molar-refractivity contribution in [1.82, 2.24) is 0 Å². The summed E-state index contributed by atoms with van der Waals surface area (Å²) in [5, 5.41) is 9.03. The number of para-hydroxylation sites is 1. The lowest BCUT2D eigenvalue weighted by molar-refractivity contribution is 0.133. The second-order valence-electron chi connectivity index (χ2n) is 4.26. The highest BCUT2D eigenvalue weighted by Crippen LogP contribution is 2.16. The predicted molar refractivity (Wildman–Crippen MR) is 60.8 cm³/mol. The van der Waals surface area contributed by atoms with Crippen molar-refractivity contribution in [3.8, 4) is 5.75 Å². The lowest BCUT2D eigenvalue weighted by Crippen LogP contribution is -2.43. The van der Waals surface area contributed by atoms with E-state index in [2.05, 4.69) is 0 Å². The van der Waals surface area contributed by atoms with Gasteiger partial charge in [0.1, 0.15) is 5.75 Å². The van der Waals surface area contributed by atoms with Crippen molar-refractivity contribution in [3.05, 3.63) is 30.3 Å². The van der Waals surface area contributed by atoms with Crippen molar-refractivity contribution < 1.29 is 9.84 Å². The maximum Gasteiger partial charge on any atom is 0.119 e. The van der Waals surface area contributed by atoms with Crippen LogP contribution < -0.4 is 10.5 Å². The Labute approximate surface area is 90.9 Å². The summed E-state index contributed by atoms with van der Waals surface area (Å²) in [4.78, 5) is 0. The molecule has 0 aliphatic heterocycles. The van der Waals surface area contributed by atoms with Crippen LogP contribution in [0.3, 0.4) is 0 Å². The summed E-state index contributed by atoms with van der Waals surface area (Å²) in [5.74, 6) is 0.832. The molecule has 1 aromatic carbocycles. The average molecular weight is 209 g/mol. The van der Waals surface area contributed by atoms with Gasteiger partial charge >= 0.3 is 0 Å². The number of hydrogen-bond donors (Lipinski definition) is 2. The molecule has 0 saturated carbocycles. The molecule has 0 saturated heterocycles. The van der Waals surface area contributed by atoms with Gasteiger partial charge in [0.15, 0.2) is 0 Å².